The van der Waals surface area contributed by atoms with E-state index in [-0.39, 0.29) is 12.1 Å². The van der Waals surface area contributed by atoms with Crippen LogP contribution in [0.4, 0.5) is 4.79 Å². The number of nitrogens with one attached hydrogen (secondary N) is 1. The summed E-state index contributed by atoms with van der Waals surface area (Å²) < 4.78 is 10.8. The molecular formula is C15H19N5O3. The number of carbonyl (C=O) groups is 1. The van der Waals surface area contributed by atoms with Gasteiger partial charge in [0.1, 0.15) is 6.10 Å². The molecule has 23 heavy (non-hydrogen) atoms. The van der Waals surface area contributed by atoms with Crippen molar-refractivity contribution in [2.45, 2.75) is 32.4 Å². The van der Waals surface area contributed by atoms with Crippen LogP contribution < -0.4 is 10.1 Å². The summed E-state index contributed by atoms with van der Waals surface area (Å²) in [7, 11) is 0. The maximum Gasteiger partial charge on any atom is 0.317 e. The summed E-state index contributed by atoms with van der Waals surface area (Å²) >= 11 is 0. The molecule has 8 nitrogen and oxygen atoms in total. The lowest BCUT2D eigenvalue weighted by atomic mass is 10.1. The Kier molecular flexibility index (Phi) is 4.70. The molecule has 1 aliphatic heterocycles. The number of carbonyl (C=O) groups excluding carboxylic acids is 1. The van der Waals surface area contributed by atoms with Crippen LogP contribution in [0.1, 0.15) is 24.3 Å². The largest absolute Gasteiger partial charge is 0.460 e. The standard InChI is InChI=1S/C15H19N5O3/c1-11-9-13(23-19-11)10-18-15(21)20-7-3-12(4-8-20)22-14-16-5-2-6-17-14/h2,5-6,9,12H,3-4,7-8,10H2,1H3,(H,18,21). The van der Waals surface area contributed by atoms with E-state index in [0.717, 1.165) is 18.5 Å². The summed E-state index contributed by atoms with van der Waals surface area (Å²) in [5, 5.41) is 6.62. The lowest BCUT2D eigenvalue weighted by molar-refractivity contribution is 0.103. The number of hydrogen-bond acceptors (Lipinski definition) is 6. The fraction of sp³-hybridized carbons (Fsp3) is 0.467. The Hall–Kier alpha value is -2.64. The van der Waals surface area contributed by atoms with Crippen LogP contribution in [-0.4, -0.2) is 45.2 Å². The third kappa shape index (κ3) is 4.18. The number of ether oxygens (including phenoxy) is 1. The second-order valence-corrected chi connectivity index (χ2v) is 5.43. The highest BCUT2D eigenvalue weighted by Crippen LogP contribution is 2.15. The maximum absolute atomic E-state index is 12.1. The van der Waals surface area contributed by atoms with Gasteiger partial charge in [0.15, 0.2) is 5.76 Å². The quantitative estimate of drug-likeness (QED) is 0.919. The normalized spacial score (nSPS) is 15.4. The van der Waals surface area contributed by atoms with Gasteiger partial charge in [0.25, 0.3) is 0 Å². The predicted molar refractivity (Wildman–Crippen MR) is 80.7 cm³/mol. The minimum Gasteiger partial charge on any atom is -0.460 e. The monoisotopic (exact) mass is 317 g/mol. The van der Waals surface area contributed by atoms with E-state index in [1.54, 1.807) is 29.4 Å². The van der Waals surface area contributed by atoms with Crippen molar-refractivity contribution < 1.29 is 14.1 Å². The minimum absolute atomic E-state index is 0.0402. The Labute approximate surface area is 133 Å². The first-order valence-electron chi connectivity index (χ1n) is 7.59. The topological polar surface area (TPSA) is 93.4 Å². The summed E-state index contributed by atoms with van der Waals surface area (Å²) in [6.45, 7) is 3.46. The number of rotatable bonds is 4. The van der Waals surface area contributed by atoms with E-state index in [1.165, 1.54) is 0 Å². The van der Waals surface area contributed by atoms with Gasteiger partial charge in [0.05, 0.1) is 12.2 Å². The highest BCUT2D eigenvalue weighted by molar-refractivity contribution is 5.74. The lowest BCUT2D eigenvalue weighted by Crippen LogP contribution is -2.46. The number of aryl methyl sites for hydroxylation is 1. The van der Waals surface area contributed by atoms with E-state index in [1.807, 2.05) is 6.92 Å². The molecule has 0 aliphatic carbocycles. The molecule has 1 N–H and O–H groups in total. The van der Waals surface area contributed by atoms with Gasteiger partial charge in [-0.15, -0.1) is 0 Å². The van der Waals surface area contributed by atoms with Gasteiger partial charge in [-0.25, -0.2) is 14.8 Å². The Morgan fingerprint density at radius 2 is 2.13 bits per heavy atom. The molecule has 122 valence electrons. The van der Waals surface area contributed by atoms with Crippen molar-refractivity contribution in [3.05, 3.63) is 36.0 Å². The lowest BCUT2D eigenvalue weighted by Gasteiger charge is -2.31. The predicted octanol–water partition coefficient (Wildman–Crippen LogP) is 1.53. The Bertz CT molecular complexity index is 638. The summed E-state index contributed by atoms with van der Waals surface area (Å²) in [5.41, 5.74) is 0.801. The van der Waals surface area contributed by atoms with Gasteiger partial charge in [-0.2, -0.15) is 0 Å². The van der Waals surface area contributed by atoms with Crippen LogP contribution in [0.5, 0.6) is 6.01 Å². The fourth-order valence-electron chi connectivity index (χ4n) is 2.45. The molecule has 8 heteroatoms. The molecule has 3 rings (SSSR count). The number of amides is 2. The van der Waals surface area contributed by atoms with Gasteiger partial charge in [0.2, 0.25) is 0 Å². The average molecular weight is 317 g/mol. The van der Waals surface area contributed by atoms with E-state index in [4.69, 9.17) is 9.26 Å². The Morgan fingerprint density at radius 3 is 2.78 bits per heavy atom. The second-order valence-electron chi connectivity index (χ2n) is 5.43. The molecular weight excluding hydrogens is 298 g/mol. The van der Waals surface area contributed by atoms with E-state index in [0.29, 0.717) is 31.4 Å². The molecule has 0 aromatic carbocycles. The minimum atomic E-state index is -0.103. The summed E-state index contributed by atoms with van der Waals surface area (Å²) in [4.78, 5) is 22.0. The third-order valence-corrected chi connectivity index (χ3v) is 3.63. The molecule has 2 aromatic heterocycles. The van der Waals surface area contributed by atoms with Crippen molar-refractivity contribution in [3.63, 3.8) is 0 Å². The number of likely N-dealkylation sites (tertiary alicyclic amines) is 1. The first kappa shape index (κ1) is 15.3. The summed E-state index contributed by atoms with van der Waals surface area (Å²) in [6.07, 6.45) is 4.85. The van der Waals surface area contributed by atoms with Crippen LogP contribution in [0.2, 0.25) is 0 Å². The van der Waals surface area contributed by atoms with Crippen molar-refractivity contribution in [1.82, 2.24) is 25.3 Å². The Morgan fingerprint density at radius 1 is 1.39 bits per heavy atom. The number of nitrogens with zero attached hydrogens (tertiary/aromatic N) is 4. The zero-order chi connectivity index (χ0) is 16.1. The molecule has 3 heterocycles. The van der Waals surface area contributed by atoms with Crippen molar-refractivity contribution in [1.29, 1.82) is 0 Å². The fourth-order valence-corrected chi connectivity index (χ4v) is 2.45. The molecule has 0 saturated carbocycles. The van der Waals surface area contributed by atoms with Crippen molar-refractivity contribution in [3.8, 4) is 6.01 Å². The zero-order valence-electron chi connectivity index (χ0n) is 12.9. The van der Waals surface area contributed by atoms with Crippen molar-refractivity contribution in [2.75, 3.05) is 13.1 Å². The van der Waals surface area contributed by atoms with Crippen molar-refractivity contribution >= 4 is 6.03 Å². The van der Waals surface area contributed by atoms with Crippen LogP contribution in [0.3, 0.4) is 0 Å². The number of piperidine rings is 1. The molecule has 1 aliphatic rings. The number of urea groups is 1. The van der Waals surface area contributed by atoms with Crippen LogP contribution in [-0.2, 0) is 6.54 Å². The van der Waals surface area contributed by atoms with E-state index >= 15 is 0 Å². The molecule has 0 unspecified atom stereocenters. The average Bonchev–Trinajstić information content (AvgIpc) is 3.00. The van der Waals surface area contributed by atoms with Gasteiger partial charge >= 0.3 is 12.0 Å². The van der Waals surface area contributed by atoms with Gasteiger partial charge in [-0.3, -0.25) is 0 Å². The van der Waals surface area contributed by atoms with Crippen LogP contribution >= 0.6 is 0 Å². The maximum atomic E-state index is 12.1. The first-order chi connectivity index (χ1) is 11.2. The van der Waals surface area contributed by atoms with Crippen LogP contribution in [0.15, 0.2) is 29.0 Å². The van der Waals surface area contributed by atoms with Gasteiger partial charge in [-0.1, -0.05) is 5.16 Å². The number of hydrogen-bond donors (Lipinski definition) is 1. The molecule has 1 fully saturated rings. The van der Waals surface area contributed by atoms with Gasteiger partial charge < -0.3 is 19.5 Å². The summed E-state index contributed by atoms with van der Waals surface area (Å²) in [5.74, 6) is 0.648. The Balaban J connectivity index is 1.42. The molecule has 0 bridgehead atoms. The summed E-state index contributed by atoms with van der Waals surface area (Å²) in [6, 6.07) is 3.83. The first-order valence-corrected chi connectivity index (χ1v) is 7.59. The van der Waals surface area contributed by atoms with Crippen LogP contribution in [0.25, 0.3) is 0 Å². The number of aromatic nitrogens is 3. The SMILES string of the molecule is Cc1cc(CNC(=O)N2CCC(Oc3ncccn3)CC2)on1. The molecule has 2 aromatic rings. The van der Waals surface area contributed by atoms with Gasteiger partial charge in [-0.05, 0) is 13.0 Å². The molecule has 0 atom stereocenters. The second kappa shape index (κ2) is 7.08. The highest BCUT2D eigenvalue weighted by Gasteiger charge is 2.24. The van der Waals surface area contributed by atoms with Gasteiger partial charge in [0, 0.05) is 44.4 Å². The van der Waals surface area contributed by atoms with E-state index < -0.39 is 0 Å². The van der Waals surface area contributed by atoms with Crippen molar-refractivity contribution in [2.24, 2.45) is 0 Å². The smallest absolute Gasteiger partial charge is 0.317 e. The zero-order valence-corrected chi connectivity index (χ0v) is 12.9. The molecule has 2 amide bonds. The molecule has 0 radical (unpaired) electrons. The molecule has 1 saturated heterocycles. The van der Waals surface area contributed by atoms with E-state index in [2.05, 4.69) is 20.4 Å². The van der Waals surface area contributed by atoms with Crippen LogP contribution in [0, 0.1) is 6.92 Å². The third-order valence-electron chi connectivity index (χ3n) is 3.63. The van der Waals surface area contributed by atoms with E-state index in [9.17, 15) is 4.79 Å². The highest BCUT2D eigenvalue weighted by atomic mass is 16.5. The molecule has 0 spiro atoms.